The lowest BCUT2D eigenvalue weighted by molar-refractivity contribution is 0.587. The molecule has 0 aromatic heterocycles. The molecule has 20 heavy (non-hydrogen) atoms. The zero-order valence-corrected chi connectivity index (χ0v) is 13.7. The zero-order chi connectivity index (χ0) is 14.7. The van der Waals surface area contributed by atoms with Crippen LogP contribution in [0.1, 0.15) is 103 Å². The van der Waals surface area contributed by atoms with E-state index >= 15 is 0 Å². The number of terminal acetylenes is 1. The van der Waals surface area contributed by atoms with Crippen LogP contribution in [0.3, 0.4) is 0 Å². The molecule has 0 heterocycles. The first-order valence-electron chi connectivity index (χ1n) is 8.81. The van der Waals surface area contributed by atoms with E-state index in [1.54, 1.807) is 0 Å². The molecule has 0 aliphatic rings. The van der Waals surface area contributed by atoms with Crippen LogP contribution in [0.5, 0.6) is 0 Å². The van der Waals surface area contributed by atoms with Crippen molar-refractivity contribution in [2.24, 2.45) is 0 Å². The first-order valence-corrected chi connectivity index (χ1v) is 8.81. The minimum Gasteiger partial charge on any atom is -0.120 e. The van der Waals surface area contributed by atoms with Crippen LogP contribution in [0.15, 0.2) is 0 Å². The highest BCUT2D eigenvalue weighted by molar-refractivity contribution is 4.98. The fraction of sp³-hybridized carbons (Fsp3) is 0.800. The van der Waals surface area contributed by atoms with Crippen molar-refractivity contribution < 1.29 is 0 Å². The molecule has 0 fully saturated rings. The van der Waals surface area contributed by atoms with E-state index in [1.807, 2.05) is 0 Å². The van der Waals surface area contributed by atoms with E-state index in [2.05, 4.69) is 24.7 Å². The van der Waals surface area contributed by atoms with Crippen molar-refractivity contribution in [2.75, 3.05) is 0 Å². The molecule has 0 N–H and O–H groups in total. The molecule has 0 spiro atoms. The van der Waals surface area contributed by atoms with Gasteiger partial charge < -0.3 is 0 Å². The van der Waals surface area contributed by atoms with Gasteiger partial charge >= 0.3 is 0 Å². The van der Waals surface area contributed by atoms with E-state index in [4.69, 9.17) is 6.42 Å². The molecule has 114 valence electrons. The van der Waals surface area contributed by atoms with Crippen LogP contribution in [0.4, 0.5) is 0 Å². The smallest absolute Gasteiger partial charge is 0.00886 e. The standard InChI is InChI=1S/C20H34/c1-3-5-7-9-11-13-15-17-19-20-18-16-14-12-10-8-6-4-2/h1H,4-15,17,19-20H2,2H3. The van der Waals surface area contributed by atoms with Gasteiger partial charge in [0.2, 0.25) is 0 Å². The van der Waals surface area contributed by atoms with E-state index in [9.17, 15) is 0 Å². The van der Waals surface area contributed by atoms with Crippen LogP contribution in [0, 0.1) is 24.2 Å². The van der Waals surface area contributed by atoms with Crippen molar-refractivity contribution in [2.45, 2.75) is 103 Å². The maximum Gasteiger partial charge on any atom is 0.00886 e. The number of rotatable bonds is 13. The molecule has 0 heteroatoms. The Bertz CT molecular complexity index is 271. The normalized spacial score (nSPS) is 9.80. The Morgan fingerprint density at radius 3 is 1.40 bits per heavy atom. The van der Waals surface area contributed by atoms with Crippen LogP contribution < -0.4 is 0 Å². The van der Waals surface area contributed by atoms with Crippen molar-refractivity contribution in [1.29, 1.82) is 0 Å². The number of unbranched alkanes of at least 4 members (excludes halogenated alkanes) is 13. The molecule has 0 aromatic rings. The van der Waals surface area contributed by atoms with Gasteiger partial charge in [0.1, 0.15) is 0 Å². The highest BCUT2D eigenvalue weighted by Gasteiger charge is 1.91. The van der Waals surface area contributed by atoms with Crippen LogP contribution >= 0.6 is 0 Å². The van der Waals surface area contributed by atoms with Crippen LogP contribution in [-0.4, -0.2) is 0 Å². The molecule has 0 rings (SSSR count). The average molecular weight is 274 g/mol. The van der Waals surface area contributed by atoms with Crippen molar-refractivity contribution in [1.82, 2.24) is 0 Å². The third kappa shape index (κ3) is 17.1. The summed E-state index contributed by atoms with van der Waals surface area (Å²) in [6.45, 7) is 2.26. The average Bonchev–Trinajstić information content (AvgIpc) is 2.47. The summed E-state index contributed by atoms with van der Waals surface area (Å²) in [4.78, 5) is 0. The summed E-state index contributed by atoms with van der Waals surface area (Å²) in [5, 5.41) is 0. The summed E-state index contributed by atoms with van der Waals surface area (Å²) in [7, 11) is 0. The van der Waals surface area contributed by atoms with Crippen LogP contribution in [0.25, 0.3) is 0 Å². The molecule has 0 unspecified atom stereocenters. The van der Waals surface area contributed by atoms with Gasteiger partial charge in [0, 0.05) is 19.3 Å². The molecular formula is C20H34. The largest absolute Gasteiger partial charge is 0.120 e. The minimum atomic E-state index is 0.952. The van der Waals surface area contributed by atoms with Gasteiger partial charge in [-0.3, -0.25) is 0 Å². The summed E-state index contributed by atoms with van der Waals surface area (Å²) in [6.07, 6.45) is 24.4. The topological polar surface area (TPSA) is 0 Å². The van der Waals surface area contributed by atoms with Gasteiger partial charge in [-0.2, -0.15) is 0 Å². The fourth-order valence-corrected chi connectivity index (χ4v) is 2.32. The van der Waals surface area contributed by atoms with Crippen molar-refractivity contribution in [3.8, 4) is 24.2 Å². The molecule has 0 aliphatic carbocycles. The predicted molar refractivity (Wildman–Crippen MR) is 91.5 cm³/mol. The Balaban J connectivity index is 3.07. The molecule has 0 nitrogen and oxygen atoms in total. The summed E-state index contributed by atoms with van der Waals surface area (Å²) >= 11 is 0. The lowest BCUT2D eigenvalue weighted by atomic mass is 10.1. The van der Waals surface area contributed by atoms with E-state index in [0.29, 0.717) is 0 Å². The highest BCUT2D eigenvalue weighted by Crippen LogP contribution is 2.09. The summed E-state index contributed by atoms with van der Waals surface area (Å²) in [6, 6.07) is 0. The Morgan fingerprint density at radius 1 is 0.550 bits per heavy atom. The third-order valence-corrected chi connectivity index (χ3v) is 3.65. The summed E-state index contributed by atoms with van der Waals surface area (Å²) < 4.78 is 0. The third-order valence-electron chi connectivity index (χ3n) is 3.65. The lowest BCUT2D eigenvalue weighted by Gasteiger charge is -1.99. The minimum absolute atomic E-state index is 0.952. The highest BCUT2D eigenvalue weighted by atomic mass is 14.0. The Labute approximate surface area is 128 Å². The monoisotopic (exact) mass is 274 g/mol. The van der Waals surface area contributed by atoms with E-state index in [0.717, 1.165) is 19.3 Å². The van der Waals surface area contributed by atoms with Gasteiger partial charge in [0.15, 0.2) is 0 Å². The molecule has 0 bridgehead atoms. The Morgan fingerprint density at radius 2 is 0.950 bits per heavy atom. The molecule has 0 saturated carbocycles. The van der Waals surface area contributed by atoms with Crippen molar-refractivity contribution >= 4 is 0 Å². The second-order valence-corrected chi connectivity index (χ2v) is 5.70. The molecule has 0 amide bonds. The molecule has 0 aromatic carbocycles. The Hall–Kier alpha value is -0.880. The van der Waals surface area contributed by atoms with Gasteiger partial charge in [-0.25, -0.2) is 0 Å². The maximum atomic E-state index is 5.23. The van der Waals surface area contributed by atoms with Crippen LogP contribution in [0.2, 0.25) is 0 Å². The molecule has 0 saturated heterocycles. The van der Waals surface area contributed by atoms with Crippen molar-refractivity contribution in [3.63, 3.8) is 0 Å². The number of hydrogen-bond acceptors (Lipinski definition) is 0. The first-order chi connectivity index (χ1) is 9.91. The van der Waals surface area contributed by atoms with E-state index in [1.165, 1.54) is 77.0 Å². The van der Waals surface area contributed by atoms with Crippen LogP contribution in [-0.2, 0) is 0 Å². The molecule has 0 radical (unpaired) electrons. The van der Waals surface area contributed by atoms with Gasteiger partial charge in [-0.1, -0.05) is 64.7 Å². The quantitative estimate of drug-likeness (QED) is 0.266. The zero-order valence-electron chi connectivity index (χ0n) is 13.7. The van der Waals surface area contributed by atoms with Gasteiger partial charge in [0.05, 0.1) is 0 Å². The lowest BCUT2D eigenvalue weighted by Crippen LogP contribution is -1.80. The molecular weight excluding hydrogens is 240 g/mol. The van der Waals surface area contributed by atoms with Crippen molar-refractivity contribution in [3.05, 3.63) is 0 Å². The van der Waals surface area contributed by atoms with E-state index in [-0.39, 0.29) is 0 Å². The van der Waals surface area contributed by atoms with Gasteiger partial charge in [-0.15, -0.1) is 24.2 Å². The van der Waals surface area contributed by atoms with E-state index < -0.39 is 0 Å². The summed E-state index contributed by atoms with van der Waals surface area (Å²) in [5.74, 6) is 9.34. The molecule has 0 aliphatic heterocycles. The second-order valence-electron chi connectivity index (χ2n) is 5.70. The first kappa shape index (κ1) is 19.1. The maximum absolute atomic E-state index is 5.23. The predicted octanol–water partition coefficient (Wildman–Crippen LogP) is 6.49. The second kappa shape index (κ2) is 18.1. The Kier molecular flexibility index (Phi) is 17.3. The fourth-order valence-electron chi connectivity index (χ4n) is 2.32. The van der Waals surface area contributed by atoms with Gasteiger partial charge in [-0.05, 0) is 19.3 Å². The molecule has 0 atom stereocenters. The summed E-state index contributed by atoms with van der Waals surface area (Å²) in [5.41, 5.74) is 0. The number of hydrogen-bond donors (Lipinski definition) is 0. The SMILES string of the molecule is C#CCCCCCCCCCC#CCCCCCCC. The van der Waals surface area contributed by atoms with Gasteiger partial charge in [0.25, 0.3) is 0 Å².